The molecule has 2 N–H and O–H groups in total. The maximum Gasteiger partial charge on any atom is 0.0626 e. The number of hydrogen-bond acceptors (Lipinski definition) is 3. The van der Waals surface area contributed by atoms with Crippen molar-refractivity contribution in [1.82, 2.24) is 10.2 Å². The number of benzene rings is 1. The summed E-state index contributed by atoms with van der Waals surface area (Å²) in [6, 6.07) is 8.36. The molecule has 1 unspecified atom stereocenters. The highest BCUT2D eigenvalue weighted by Gasteiger charge is 2.09. The van der Waals surface area contributed by atoms with Crippen LogP contribution < -0.4 is 5.32 Å². The first-order chi connectivity index (χ1) is 8.71. The van der Waals surface area contributed by atoms with Gasteiger partial charge in [0.25, 0.3) is 0 Å². The molecule has 18 heavy (non-hydrogen) atoms. The molecular weight excluding hydrogens is 224 g/mol. The molecule has 0 bridgehead atoms. The van der Waals surface area contributed by atoms with Gasteiger partial charge in [0.1, 0.15) is 0 Å². The van der Waals surface area contributed by atoms with Crippen molar-refractivity contribution in [1.29, 1.82) is 0 Å². The van der Waals surface area contributed by atoms with Crippen LogP contribution in [0.15, 0.2) is 24.3 Å². The van der Waals surface area contributed by atoms with Crippen molar-refractivity contribution in [3.05, 3.63) is 35.4 Å². The Morgan fingerprint density at radius 2 is 2.00 bits per heavy atom. The van der Waals surface area contributed by atoms with Crippen molar-refractivity contribution in [2.45, 2.75) is 26.8 Å². The highest BCUT2D eigenvalue weighted by Crippen LogP contribution is 2.13. The first kappa shape index (κ1) is 15.2. The third-order valence-corrected chi connectivity index (χ3v) is 3.34. The molecule has 1 aromatic carbocycles. The average Bonchev–Trinajstić information content (AvgIpc) is 2.39. The molecular formula is C15H26N2O. The van der Waals surface area contributed by atoms with Gasteiger partial charge in [0.05, 0.1) is 12.6 Å². The van der Waals surface area contributed by atoms with E-state index < -0.39 is 0 Å². The van der Waals surface area contributed by atoms with Gasteiger partial charge in [0, 0.05) is 13.1 Å². The van der Waals surface area contributed by atoms with Crippen molar-refractivity contribution < 1.29 is 5.11 Å². The highest BCUT2D eigenvalue weighted by molar-refractivity contribution is 5.25. The zero-order valence-electron chi connectivity index (χ0n) is 11.8. The van der Waals surface area contributed by atoms with Gasteiger partial charge < -0.3 is 15.3 Å². The molecule has 1 rings (SSSR count). The molecule has 0 aliphatic heterocycles. The molecule has 0 aliphatic rings. The first-order valence-corrected chi connectivity index (χ1v) is 6.84. The van der Waals surface area contributed by atoms with E-state index in [0.717, 1.165) is 31.7 Å². The number of hydrogen-bond donors (Lipinski definition) is 2. The lowest BCUT2D eigenvalue weighted by molar-refractivity contribution is 0.233. The lowest BCUT2D eigenvalue weighted by atomic mass is 10.1. The third kappa shape index (κ3) is 4.77. The van der Waals surface area contributed by atoms with Crippen LogP contribution in [0.5, 0.6) is 0 Å². The molecule has 0 fully saturated rings. The fourth-order valence-electron chi connectivity index (χ4n) is 2.11. The molecule has 0 spiro atoms. The van der Waals surface area contributed by atoms with Crippen molar-refractivity contribution in [3.8, 4) is 0 Å². The average molecular weight is 250 g/mol. The van der Waals surface area contributed by atoms with Gasteiger partial charge >= 0.3 is 0 Å². The van der Waals surface area contributed by atoms with Gasteiger partial charge in [-0.3, -0.25) is 0 Å². The Labute approximate surface area is 111 Å². The normalized spacial score (nSPS) is 12.9. The maximum atomic E-state index is 9.47. The van der Waals surface area contributed by atoms with E-state index in [1.807, 2.05) is 6.07 Å². The predicted octanol–water partition coefficient (Wildman–Crippen LogP) is 1.96. The molecule has 3 nitrogen and oxygen atoms in total. The van der Waals surface area contributed by atoms with E-state index in [9.17, 15) is 5.11 Å². The van der Waals surface area contributed by atoms with Crippen molar-refractivity contribution in [2.75, 3.05) is 32.8 Å². The molecule has 0 heterocycles. The minimum absolute atomic E-state index is 0.0421. The second-order valence-corrected chi connectivity index (χ2v) is 4.63. The van der Waals surface area contributed by atoms with E-state index in [4.69, 9.17) is 0 Å². The zero-order chi connectivity index (χ0) is 13.4. The molecule has 1 aromatic rings. The second kappa shape index (κ2) is 8.25. The van der Waals surface area contributed by atoms with Crippen LogP contribution in [-0.2, 0) is 0 Å². The Balaban J connectivity index is 2.47. The van der Waals surface area contributed by atoms with E-state index in [1.165, 1.54) is 5.56 Å². The fraction of sp³-hybridized carbons (Fsp3) is 0.600. The summed E-state index contributed by atoms with van der Waals surface area (Å²) in [5, 5.41) is 12.9. The third-order valence-electron chi connectivity index (χ3n) is 3.34. The molecule has 0 aliphatic carbocycles. The number of nitrogens with zero attached hydrogens (tertiary/aromatic N) is 1. The Hall–Kier alpha value is -0.900. The van der Waals surface area contributed by atoms with Crippen LogP contribution in [0.3, 0.4) is 0 Å². The van der Waals surface area contributed by atoms with Crippen molar-refractivity contribution in [2.24, 2.45) is 0 Å². The summed E-state index contributed by atoms with van der Waals surface area (Å²) in [7, 11) is 0. The van der Waals surface area contributed by atoms with Crippen LogP contribution in [0.4, 0.5) is 0 Å². The van der Waals surface area contributed by atoms with Gasteiger partial charge in [-0.1, -0.05) is 43.7 Å². The number of aliphatic hydroxyl groups is 1. The van der Waals surface area contributed by atoms with Gasteiger partial charge in [-0.05, 0) is 25.6 Å². The Morgan fingerprint density at radius 1 is 1.28 bits per heavy atom. The highest BCUT2D eigenvalue weighted by atomic mass is 16.3. The fourth-order valence-corrected chi connectivity index (χ4v) is 2.11. The van der Waals surface area contributed by atoms with Crippen LogP contribution in [-0.4, -0.2) is 42.8 Å². The summed E-state index contributed by atoms with van der Waals surface area (Å²) < 4.78 is 0. The lowest BCUT2D eigenvalue weighted by Gasteiger charge is -2.21. The molecule has 3 heteroatoms. The summed E-state index contributed by atoms with van der Waals surface area (Å²) >= 11 is 0. The SMILES string of the molecule is CCN(CC)CCNC(CO)c1cccc(C)c1. The van der Waals surface area contributed by atoms with E-state index in [-0.39, 0.29) is 12.6 Å². The zero-order valence-corrected chi connectivity index (χ0v) is 11.8. The largest absolute Gasteiger partial charge is 0.394 e. The predicted molar refractivity (Wildman–Crippen MR) is 76.8 cm³/mol. The topological polar surface area (TPSA) is 35.5 Å². The molecule has 0 amide bonds. The van der Waals surface area contributed by atoms with E-state index in [1.54, 1.807) is 0 Å². The van der Waals surface area contributed by atoms with Crippen molar-refractivity contribution in [3.63, 3.8) is 0 Å². The Kier molecular flexibility index (Phi) is 6.94. The summed E-state index contributed by atoms with van der Waals surface area (Å²) in [4.78, 5) is 2.37. The van der Waals surface area contributed by atoms with E-state index >= 15 is 0 Å². The lowest BCUT2D eigenvalue weighted by Crippen LogP contribution is -2.34. The minimum Gasteiger partial charge on any atom is -0.394 e. The van der Waals surface area contributed by atoms with Crippen LogP contribution in [0.25, 0.3) is 0 Å². The molecule has 0 saturated heterocycles. The van der Waals surface area contributed by atoms with Crippen LogP contribution in [0.2, 0.25) is 0 Å². The van der Waals surface area contributed by atoms with Gasteiger partial charge in [-0.15, -0.1) is 0 Å². The second-order valence-electron chi connectivity index (χ2n) is 4.63. The Morgan fingerprint density at radius 3 is 2.56 bits per heavy atom. The molecule has 0 saturated carbocycles. The van der Waals surface area contributed by atoms with Crippen molar-refractivity contribution >= 4 is 0 Å². The molecule has 0 aromatic heterocycles. The van der Waals surface area contributed by atoms with Gasteiger partial charge in [0.2, 0.25) is 0 Å². The van der Waals surface area contributed by atoms with Crippen LogP contribution in [0.1, 0.15) is 31.0 Å². The number of aliphatic hydroxyl groups excluding tert-OH is 1. The van der Waals surface area contributed by atoms with Gasteiger partial charge in [0.15, 0.2) is 0 Å². The van der Waals surface area contributed by atoms with Gasteiger partial charge in [-0.2, -0.15) is 0 Å². The van der Waals surface area contributed by atoms with Crippen LogP contribution >= 0.6 is 0 Å². The molecule has 1 atom stereocenters. The number of nitrogens with one attached hydrogen (secondary N) is 1. The van der Waals surface area contributed by atoms with E-state index in [0.29, 0.717) is 0 Å². The summed E-state index contributed by atoms with van der Waals surface area (Å²) in [6.45, 7) is 10.6. The first-order valence-electron chi connectivity index (χ1n) is 6.84. The standard InChI is InChI=1S/C15H26N2O/c1-4-17(5-2)10-9-16-15(12-18)14-8-6-7-13(3)11-14/h6-8,11,15-16,18H,4-5,9-10,12H2,1-3H3. The number of likely N-dealkylation sites (N-methyl/N-ethyl adjacent to an activating group) is 1. The number of aryl methyl sites for hydroxylation is 1. The minimum atomic E-state index is 0.0421. The Bertz CT molecular complexity index is 337. The number of rotatable bonds is 8. The monoisotopic (exact) mass is 250 g/mol. The van der Waals surface area contributed by atoms with E-state index in [2.05, 4.69) is 49.2 Å². The van der Waals surface area contributed by atoms with Crippen LogP contribution in [0, 0.1) is 6.92 Å². The molecule has 0 radical (unpaired) electrons. The summed E-state index contributed by atoms with van der Waals surface area (Å²) in [5.41, 5.74) is 2.40. The maximum absolute atomic E-state index is 9.47. The van der Waals surface area contributed by atoms with Gasteiger partial charge in [-0.25, -0.2) is 0 Å². The quantitative estimate of drug-likeness (QED) is 0.740. The smallest absolute Gasteiger partial charge is 0.0626 e. The summed E-state index contributed by atoms with van der Waals surface area (Å²) in [5.74, 6) is 0. The molecule has 102 valence electrons. The summed E-state index contributed by atoms with van der Waals surface area (Å²) in [6.07, 6.45) is 0.